The van der Waals surface area contributed by atoms with Crippen molar-refractivity contribution in [2.75, 3.05) is 158 Å². The number of hydrogen-bond donors (Lipinski definition) is 4. The number of likely N-dealkylation sites (tertiary alicyclic amines) is 1. The molecule has 1 saturated heterocycles. The number of carbonyl (C=O) groups is 8. The quantitative estimate of drug-likeness (QED) is 0.0237. The first kappa shape index (κ1) is 87.0. The standard InChI is InChI=1S/C85H111N9O22/c1-56(2)80(91-78(96)22-27-105-29-31-107-33-35-109-37-39-111-41-42-112-40-38-110-36-34-108-32-30-106-28-23-86-77(95)21-24-92-79(97)48-66(83(92)100)59-13-10-8-6-7-9-11-14-59)82(99)89-57(3)81(98)90-63-18-15-58(16-19-63)61-43-64-51-87-69-49-75(72(103-4)46-67(69)84(101)93(64)53-61)113-25-12-26-114-76-50-70-68(47-73(76)104-5)85(102)94-54-62(44-65(94)52-88-70)60-17-20-71-74(45-60)116-55-115-71/h15-20,45-47,49-54,56-57,59,64-66,80H,6-14,21-44,48,55H2,1-5H3,(H,86,95)(H,89,99)(H,90,98)(H,91,96)/t57-,64-,65-,66?,80?/m0/s1. The zero-order valence-electron chi connectivity index (χ0n) is 67.2. The average Bonchev–Trinajstić information content (AvgIpc) is 1.73. The average molecular weight is 1610 g/mol. The van der Waals surface area contributed by atoms with Crippen LogP contribution in [0.2, 0.25) is 0 Å². The van der Waals surface area contributed by atoms with Crippen molar-refractivity contribution >= 4 is 87.9 Å². The molecule has 31 heteroatoms. The summed E-state index contributed by atoms with van der Waals surface area (Å²) < 4.78 is 79.3. The number of methoxy groups -OCH3 is 2. The van der Waals surface area contributed by atoms with Crippen LogP contribution in [-0.2, 0) is 66.7 Å². The molecule has 0 aromatic heterocycles. The zero-order valence-corrected chi connectivity index (χ0v) is 67.2. The molecule has 6 heterocycles. The zero-order chi connectivity index (χ0) is 81.6. The Labute approximate surface area is 677 Å². The predicted octanol–water partition coefficient (Wildman–Crippen LogP) is 8.96. The van der Waals surface area contributed by atoms with E-state index in [2.05, 4.69) is 21.3 Å². The van der Waals surface area contributed by atoms with Crippen molar-refractivity contribution in [3.63, 3.8) is 0 Å². The molecule has 8 amide bonds. The second-order valence-corrected chi connectivity index (χ2v) is 29.5. The van der Waals surface area contributed by atoms with Crippen molar-refractivity contribution in [1.29, 1.82) is 0 Å². The summed E-state index contributed by atoms with van der Waals surface area (Å²) in [6.45, 7) is 11.9. The molecule has 1 saturated carbocycles. The fourth-order valence-electron chi connectivity index (χ4n) is 14.6. The number of anilines is 1. The number of benzene rings is 4. The van der Waals surface area contributed by atoms with Gasteiger partial charge in [-0.3, -0.25) is 53.2 Å². The van der Waals surface area contributed by atoms with E-state index in [4.69, 9.17) is 76.3 Å². The van der Waals surface area contributed by atoms with Crippen LogP contribution in [0.3, 0.4) is 0 Å². The molecule has 116 heavy (non-hydrogen) atoms. The molecule has 4 aromatic carbocycles. The van der Waals surface area contributed by atoms with E-state index in [0.29, 0.717) is 181 Å². The molecule has 5 atom stereocenters. The highest BCUT2D eigenvalue weighted by molar-refractivity contribution is 6.07. The van der Waals surface area contributed by atoms with Crippen LogP contribution in [0, 0.1) is 17.8 Å². The lowest BCUT2D eigenvalue weighted by Gasteiger charge is -2.24. The number of fused-ring (bicyclic) bond motifs is 5. The summed E-state index contributed by atoms with van der Waals surface area (Å²) in [5, 5.41) is 11.2. The molecule has 11 rings (SSSR count). The number of aliphatic imine (C=N–C) groups is 2. The van der Waals surface area contributed by atoms with E-state index in [1.807, 2.05) is 42.7 Å². The van der Waals surface area contributed by atoms with Crippen LogP contribution >= 0.6 is 0 Å². The van der Waals surface area contributed by atoms with Gasteiger partial charge in [0, 0.05) is 94.3 Å². The SMILES string of the molecule is COc1cc2c(cc1OCCCOc1cc3c(cc1OC)C(=O)N1C=C(c4ccc5c(c4)OCO5)C[C@H]1C=N3)N=C[C@@H]1CC(c3ccc(NC(=O)[C@H](C)NC(=O)C(NC(=O)CCOCCOCCOCCOCCOCCOCCOCCOCCNC(=O)CCN4C(=O)CC(C5CCCCCCCC5)C4=O)C(C)C)cc3)=CN1C2=O. The second kappa shape index (κ2) is 45.0. The summed E-state index contributed by atoms with van der Waals surface area (Å²) in [5.74, 6) is 0.366. The third kappa shape index (κ3) is 24.9. The first-order valence-electron chi connectivity index (χ1n) is 40.5. The topological polar surface area (TPSA) is 348 Å². The van der Waals surface area contributed by atoms with Gasteiger partial charge in [0.25, 0.3) is 11.8 Å². The van der Waals surface area contributed by atoms with E-state index < -0.39 is 23.9 Å². The normalized spacial score (nSPS) is 18.2. The number of carbonyl (C=O) groups excluding carboxylic acids is 8. The highest BCUT2D eigenvalue weighted by Crippen LogP contribution is 2.44. The van der Waals surface area contributed by atoms with E-state index >= 15 is 0 Å². The van der Waals surface area contributed by atoms with Crippen molar-refractivity contribution in [1.82, 2.24) is 30.7 Å². The number of nitrogens with one attached hydrogen (secondary N) is 4. The Morgan fingerprint density at radius 1 is 0.509 bits per heavy atom. The number of imide groups is 1. The monoisotopic (exact) mass is 1610 g/mol. The molecular weight excluding hydrogens is 1500 g/mol. The molecular formula is C85H111N9O22. The lowest BCUT2D eigenvalue weighted by atomic mass is 9.83. The molecule has 31 nitrogen and oxygen atoms in total. The van der Waals surface area contributed by atoms with Gasteiger partial charge in [-0.05, 0) is 90.3 Å². The lowest BCUT2D eigenvalue weighted by Crippen LogP contribution is -2.53. The maximum absolute atomic E-state index is 14.2. The summed E-state index contributed by atoms with van der Waals surface area (Å²) >= 11 is 0. The smallest absolute Gasteiger partial charge is 0.260 e. The van der Waals surface area contributed by atoms with E-state index in [0.717, 1.165) is 48.0 Å². The van der Waals surface area contributed by atoms with Crippen molar-refractivity contribution in [2.24, 2.45) is 27.7 Å². The number of rotatable bonds is 47. The van der Waals surface area contributed by atoms with Crippen LogP contribution in [0.5, 0.6) is 34.5 Å². The Kier molecular flexibility index (Phi) is 33.8. The summed E-state index contributed by atoms with van der Waals surface area (Å²) in [4.78, 5) is 120. The fourth-order valence-corrected chi connectivity index (χ4v) is 14.6. The fraction of sp³-hybridized carbons (Fsp3) is 0.553. The summed E-state index contributed by atoms with van der Waals surface area (Å²) in [7, 11) is 3.02. The van der Waals surface area contributed by atoms with E-state index in [1.54, 1.807) is 79.4 Å². The van der Waals surface area contributed by atoms with Gasteiger partial charge in [0.05, 0.1) is 174 Å². The predicted molar refractivity (Wildman–Crippen MR) is 429 cm³/mol. The number of ether oxygens (including phenoxy) is 14. The van der Waals surface area contributed by atoms with Crippen LogP contribution in [0.15, 0.2) is 89.1 Å². The minimum atomic E-state index is -0.945. The largest absolute Gasteiger partial charge is 0.493 e. The molecule has 6 aliphatic heterocycles. The Morgan fingerprint density at radius 3 is 1.53 bits per heavy atom. The summed E-state index contributed by atoms with van der Waals surface area (Å²) in [6.07, 6.45) is 18.2. The van der Waals surface area contributed by atoms with Gasteiger partial charge in [0.1, 0.15) is 12.1 Å². The van der Waals surface area contributed by atoms with Gasteiger partial charge < -0.3 is 97.4 Å². The first-order valence-corrected chi connectivity index (χ1v) is 40.5. The second-order valence-electron chi connectivity index (χ2n) is 29.5. The van der Waals surface area contributed by atoms with Gasteiger partial charge in [-0.1, -0.05) is 70.6 Å². The van der Waals surface area contributed by atoms with Crippen LogP contribution in [0.1, 0.15) is 143 Å². The van der Waals surface area contributed by atoms with Crippen molar-refractivity contribution in [3.05, 3.63) is 101 Å². The molecule has 7 aliphatic rings. The van der Waals surface area contributed by atoms with Crippen LogP contribution in [0.4, 0.5) is 17.1 Å². The molecule has 628 valence electrons. The van der Waals surface area contributed by atoms with Crippen molar-refractivity contribution in [2.45, 2.75) is 135 Å². The van der Waals surface area contributed by atoms with Gasteiger partial charge in [0.15, 0.2) is 34.5 Å². The summed E-state index contributed by atoms with van der Waals surface area (Å²) in [5.41, 5.74) is 5.77. The van der Waals surface area contributed by atoms with Gasteiger partial charge >= 0.3 is 0 Å². The number of amides is 8. The first-order chi connectivity index (χ1) is 56.5. The minimum Gasteiger partial charge on any atom is -0.493 e. The van der Waals surface area contributed by atoms with Gasteiger partial charge in [-0.15, -0.1) is 0 Å². The number of hydrogen-bond acceptors (Lipinski definition) is 24. The van der Waals surface area contributed by atoms with Gasteiger partial charge in [-0.25, -0.2) is 0 Å². The van der Waals surface area contributed by atoms with E-state index in [1.165, 1.54) is 44.8 Å². The molecule has 4 N–H and O–H groups in total. The molecule has 4 aromatic rings. The maximum Gasteiger partial charge on any atom is 0.260 e. The van der Waals surface area contributed by atoms with Crippen LogP contribution in [-0.4, -0.2) is 252 Å². The summed E-state index contributed by atoms with van der Waals surface area (Å²) in [6, 6.07) is 17.1. The Morgan fingerprint density at radius 2 is 1.00 bits per heavy atom. The maximum atomic E-state index is 14.2. The molecule has 0 spiro atoms. The highest BCUT2D eigenvalue weighted by atomic mass is 16.7. The van der Waals surface area contributed by atoms with E-state index in [9.17, 15) is 38.4 Å². The van der Waals surface area contributed by atoms with Gasteiger partial charge in [0.2, 0.25) is 42.2 Å². The lowest BCUT2D eigenvalue weighted by molar-refractivity contribution is -0.140. The van der Waals surface area contributed by atoms with Crippen molar-refractivity contribution in [3.8, 4) is 34.5 Å². The third-order valence-corrected chi connectivity index (χ3v) is 21.0. The Balaban J connectivity index is 0.479. The molecule has 2 unspecified atom stereocenters. The highest BCUT2D eigenvalue weighted by Gasteiger charge is 2.43. The Bertz CT molecular complexity index is 4120. The third-order valence-electron chi connectivity index (χ3n) is 21.0. The molecule has 0 bridgehead atoms. The van der Waals surface area contributed by atoms with Crippen LogP contribution in [0.25, 0.3) is 11.1 Å². The van der Waals surface area contributed by atoms with Crippen molar-refractivity contribution < 1.29 is 105 Å². The Hall–Kier alpha value is -9.86. The molecule has 1 aliphatic carbocycles. The van der Waals surface area contributed by atoms with Crippen LogP contribution < -0.4 is 49.7 Å². The van der Waals surface area contributed by atoms with E-state index in [-0.39, 0.29) is 124 Å². The molecule has 2 fully saturated rings. The number of nitrogens with zero attached hydrogens (tertiary/aromatic N) is 5. The van der Waals surface area contributed by atoms with Gasteiger partial charge in [-0.2, -0.15) is 0 Å². The minimum absolute atomic E-state index is 0.0117. The molecule has 0 radical (unpaired) electrons.